The van der Waals surface area contributed by atoms with Crippen molar-refractivity contribution in [2.24, 2.45) is 0 Å². The van der Waals surface area contributed by atoms with Gasteiger partial charge < -0.3 is 9.64 Å². The minimum absolute atomic E-state index is 0.0475. The molecule has 3 aromatic rings. The molecule has 0 radical (unpaired) electrons. The number of likely N-dealkylation sites (N-methyl/N-ethyl adjacent to an activating group) is 1. The van der Waals surface area contributed by atoms with Crippen molar-refractivity contribution in [2.45, 2.75) is 17.4 Å². The molecule has 0 fully saturated rings. The highest BCUT2D eigenvalue weighted by Crippen LogP contribution is 2.32. The van der Waals surface area contributed by atoms with Gasteiger partial charge in [-0.3, -0.25) is 0 Å². The van der Waals surface area contributed by atoms with Crippen LogP contribution in [0.4, 0.5) is 0 Å². The third-order valence-corrected chi connectivity index (χ3v) is 7.33. The van der Waals surface area contributed by atoms with Crippen LogP contribution in [0.25, 0.3) is 10.1 Å². The normalized spacial score (nSPS) is 15.1. The number of hydrogen-bond acceptors (Lipinski definition) is 5. The van der Waals surface area contributed by atoms with Crippen LogP contribution in [0.2, 0.25) is 0 Å². The SMILES string of the molecule is CN(C)[C@@H](CNS(=O)(=O)c1ccc2c(c1)CCO2)c1csc2ccccc12. The summed E-state index contributed by atoms with van der Waals surface area (Å²) < 4.78 is 35.1. The largest absolute Gasteiger partial charge is 0.493 e. The smallest absolute Gasteiger partial charge is 0.240 e. The highest BCUT2D eigenvalue weighted by molar-refractivity contribution is 7.89. The van der Waals surface area contributed by atoms with Crippen LogP contribution < -0.4 is 9.46 Å². The van der Waals surface area contributed by atoms with Gasteiger partial charge in [0.25, 0.3) is 0 Å². The van der Waals surface area contributed by atoms with Gasteiger partial charge in [-0.25, -0.2) is 13.1 Å². The molecule has 1 aliphatic rings. The fraction of sp³-hybridized carbons (Fsp3) is 0.300. The van der Waals surface area contributed by atoms with Crippen LogP contribution in [0, 0.1) is 0 Å². The molecule has 0 amide bonds. The van der Waals surface area contributed by atoms with Crippen molar-refractivity contribution in [1.82, 2.24) is 9.62 Å². The lowest BCUT2D eigenvalue weighted by Gasteiger charge is -2.24. The molecule has 27 heavy (non-hydrogen) atoms. The van der Waals surface area contributed by atoms with Crippen molar-refractivity contribution >= 4 is 31.4 Å². The Balaban J connectivity index is 1.58. The zero-order valence-corrected chi connectivity index (χ0v) is 16.9. The van der Waals surface area contributed by atoms with E-state index in [0.717, 1.165) is 23.3 Å². The summed E-state index contributed by atoms with van der Waals surface area (Å²) in [5, 5.41) is 3.30. The molecule has 2 heterocycles. The molecule has 0 unspecified atom stereocenters. The molecule has 0 spiro atoms. The maximum Gasteiger partial charge on any atom is 0.240 e. The van der Waals surface area contributed by atoms with Gasteiger partial charge >= 0.3 is 0 Å². The average Bonchev–Trinajstić information content (AvgIpc) is 3.28. The number of hydrogen-bond donors (Lipinski definition) is 1. The first-order chi connectivity index (χ1) is 13.0. The summed E-state index contributed by atoms with van der Waals surface area (Å²) in [6, 6.07) is 13.2. The van der Waals surface area contributed by atoms with E-state index in [4.69, 9.17) is 4.74 Å². The number of nitrogens with one attached hydrogen (secondary N) is 1. The van der Waals surface area contributed by atoms with E-state index in [-0.39, 0.29) is 6.04 Å². The lowest BCUT2D eigenvalue weighted by Crippen LogP contribution is -2.34. The van der Waals surface area contributed by atoms with E-state index in [2.05, 4.69) is 22.2 Å². The summed E-state index contributed by atoms with van der Waals surface area (Å²) in [6.45, 7) is 0.920. The van der Waals surface area contributed by atoms with Crippen LogP contribution >= 0.6 is 11.3 Å². The van der Waals surface area contributed by atoms with Crippen LogP contribution in [-0.2, 0) is 16.4 Å². The highest BCUT2D eigenvalue weighted by Gasteiger charge is 2.23. The van der Waals surface area contributed by atoms with E-state index in [0.29, 0.717) is 18.0 Å². The summed E-state index contributed by atoms with van der Waals surface area (Å²) in [7, 11) is 0.357. The monoisotopic (exact) mass is 402 g/mol. The van der Waals surface area contributed by atoms with Crippen molar-refractivity contribution in [3.63, 3.8) is 0 Å². The van der Waals surface area contributed by atoms with Crippen LogP contribution in [0.5, 0.6) is 5.75 Å². The highest BCUT2D eigenvalue weighted by atomic mass is 32.2. The molecule has 2 aromatic carbocycles. The lowest BCUT2D eigenvalue weighted by molar-refractivity contribution is 0.301. The fourth-order valence-corrected chi connectivity index (χ4v) is 5.53. The Morgan fingerprint density at radius 1 is 1.22 bits per heavy atom. The maximum atomic E-state index is 12.8. The number of fused-ring (bicyclic) bond motifs is 2. The van der Waals surface area contributed by atoms with Gasteiger partial charge in [0, 0.05) is 23.7 Å². The molecule has 0 aliphatic carbocycles. The first kappa shape index (κ1) is 18.4. The molecule has 1 atom stereocenters. The van der Waals surface area contributed by atoms with Crippen molar-refractivity contribution in [3.05, 3.63) is 59.0 Å². The van der Waals surface area contributed by atoms with Crippen LogP contribution in [-0.4, -0.2) is 40.6 Å². The predicted molar refractivity (Wildman–Crippen MR) is 109 cm³/mol. The van der Waals surface area contributed by atoms with Crippen LogP contribution in [0.1, 0.15) is 17.2 Å². The first-order valence-corrected chi connectivity index (χ1v) is 11.2. The molecule has 1 aromatic heterocycles. The lowest BCUT2D eigenvalue weighted by atomic mass is 10.1. The van der Waals surface area contributed by atoms with Crippen molar-refractivity contribution in [1.29, 1.82) is 0 Å². The summed E-state index contributed by atoms with van der Waals surface area (Å²) in [6.07, 6.45) is 0.750. The first-order valence-electron chi connectivity index (χ1n) is 8.83. The number of thiophene rings is 1. The topological polar surface area (TPSA) is 58.6 Å². The number of sulfonamides is 1. The Hall–Kier alpha value is -1.93. The van der Waals surface area contributed by atoms with E-state index in [1.807, 2.05) is 31.1 Å². The van der Waals surface area contributed by atoms with Crippen molar-refractivity contribution in [2.75, 3.05) is 27.2 Å². The minimum atomic E-state index is -3.58. The molecule has 5 nitrogen and oxygen atoms in total. The Morgan fingerprint density at radius 2 is 2.04 bits per heavy atom. The zero-order valence-electron chi connectivity index (χ0n) is 15.3. The van der Waals surface area contributed by atoms with Gasteiger partial charge in [-0.05, 0) is 60.3 Å². The molecular formula is C20H22N2O3S2. The molecule has 0 bridgehead atoms. The molecular weight excluding hydrogens is 380 g/mol. The molecule has 1 N–H and O–H groups in total. The number of nitrogens with zero attached hydrogens (tertiary/aromatic N) is 1. The number of ether oxygens (including phenoxy) is 1. The summed E-state index contributed by atoms with van der Waals surface area (Å²) in [5.74, 6) is 0.782. The van der Waals surface area contributed by atoms with E-state index < -0.39 is 10.0 Å². The molecule has 142 valence electrons. The molecule has 1 aliphatic heterocycles. The van der Waals surface area contributed by atoms with Gasteiger partial charge in [0.2, 0.25) is 10.0 Å². The quantitative estimate of drug-likeness (QED) is 0.686. The Bertz CT molecular complexity index is 1070. The van der Waals surface area contributed by atoms with E-state index in [9.17, 15) is 8.42 Å². The standard InChI is InChI=1S/C20H22N2O3S2/c1-22(2)18(17-13-26-20-6-4-3-5-16(17)20)12-21-27(23,24)15-7-8-19-14(11-15)9-10-25-19/h3-8,11,13,18,21H,9-10,12H2,1-2H3/t18-/m0/s1. The van der Waals surface area contributed by atoms with E-state index in [1.165, 1.54) is 10.1 Å². The van der Waals surface area contributed by atoms with E-state index >= 15 is 0 Å². The van der Waals surface area contributed by atoms with Crippen LogP contribution in [0.15, 0.2) is 52.7 Å². The molecule has 4 rings (SSSR count). The van der Waals surface area contributed by atoms with Gasteiger partial charge in [0.05, 0.1) is 11.5 Å². The van der Waals surface area contributed by atoms with E-state index in [1.54, 1.807) is 29.5 Å². The fourth-order valence-electron chi connectivity index (χ4n) is 3.43. The zero-order chi connectivity index (χ0) is 19.0. The van der Waals surface area contributed by atoms with Crippen LogP contribution in [0.3, 0.4) is 0 Å². The summed E-state index contributed by atoms with van der Waals surface area (Å²) in [4.78, 5) is 2.34. The summed E-state index contributed by atoms with van der Waals surface area (Å²) in [5.41, 5.74) is 2.09. The van der Waals surface area contributed by atoms with Gasteiger partial charge in [0.1, 0.15) is 5.75 Å². The second kappa shape index (κ2) is 7.24. The van der Waals surface area contributed by atoms with Crippen molar-refractivity contribution < 1.29 is 13.2 Å². The second-order valence-corrected chi connectivity index (χ2v) is 9.56. The number of benzene rings is 2. The van der Waals surface area contributed by atoms with Gasteiger partial charge in [-0.1, -0.05) is 18.2 Å². The molecule has 0 saturated carbocycles. The maximum absolute atomic E-state index is 12.8. The second-order valence-electron chi connectivity index (χ2n) is 6.89. The average molecular weight is 403 g/mol. The third-order valence-electron chi connectivity index (χ3n) is 4.93. The van der Waals surface area contributed by atoms with Gasteiger partial charge in [0.15, 0.2) is 0 Å². The Kier molecular flexibility index (Phi) is 4.94. The number of rotatable bonds is 6. The Morgan fingerprint density at radius 3 is 2.85 bits per heavy atom. The molecule has 7 heteroatoms. The molecule has 0 saturated heterocycles. The Labute approximate surface area is 163 Å². The van der Waals surface area contributed by atoms with Crippen molar-refractivity contribution in [3.8, 4) is 5.75 Å². The summed E-state index contributed by atoms with van der Waals surface area (Å²) >= 11 is 1.69. The van der Waals surface area contributed by atoms with Gasteiger partial charge in [-0.2, -0.15) is 0 Å². The van der Waals surface area contributed by atoms with Gasteiger partial charge in [-0.15, -0.1) is 11.3 Å². The predicted octanol–water partition coefficient (Wildman–Crippen LogP) is 3.42. The third kappa shape index (κ3) is 3.60. The minimum Gasteiger partial charge on any atom is -0.493 e.